The number of carbonyl (C=O) groups excluding carboxylic acids is 1. The second kappa shape index (κ2) is 9.01. The maximum Gasteiger partial charge on any atom is 0.234 e. The minimum absolute atomic E-state index is 0.0534. The summed E-state index contributed by atoms with van der Waals surface area (Å²) in [6, 6.07) is 8.06. The van der Waals surface area contributed by atoms with Gasteiger partial charge in [-0.25, -0.2) is 0 Å². The van der Waals surface area contributed by atoms with E-state index in [0.29, 0.717) is 25.6 Å². The average Bonchev–Trinajstić information content (AvgIpc) is 2.54. The number of hydrogen-bond acceptors (Lipinski definition) is 4. The smallest absolute Gasteiger partial charge is 0.234 e. The largest absolute Gasteiger partial charge is 0.393 e. The van der Waals surface area contributed by atoms with Crippen LogP contribution >= 0.6 is 0 Å². The van der Waals surface area contributed by atoms with Crippen molar-refractivity contribution in [2.24, 2.45) is 5.92 Å². The molecule has 1 unspecified atom stereocenters. The first-order valence-electron chi connectivity index (χ1n) is 8.32. The SMILES string of the molecule is COCc1cccc(CNC(=O)CN2CCC(C(C)O)CC2)c1. The molecule has 1 heterocycles. The molecule has 1 aliphatic rings. The number of rotatable bonds is 7. The highest BCUT2D eigenvalue weighted by Gasteiger charge is 2.23. The summed E-state index contributed by atoms with van der Waals surface area (Å²) in [6.45, 7) is 5.17. The molecule has 1 aliphatic heterocycles. The average molecular weight is 320 g/mol. The predicted molar refractivity (Wildman–Crippen MR) is 89.8 cm³/mol. The van der Waals surface area contributed by atoms with Crippen molar-refractivity contribution in [1.82, 2.24) is 10.2 Å². The quantitative estimate of drug-likeness (QED) is 0.800. The lowest BCUT2D eigenvalue weighted by Crippen LogP contribution is -2.42. The topological polar surface area (TPSA) is 61.8 Å². The number of benzene rings is 1. The number of nitrogens with zero attached hydrogens (tertiary/aromatic N) is 1. The second-order valence-corrected chi connectivity index (χ2v) is 6.38. The summed E-state index contributed by atoms with van der Waals surface area (Å²) in [5, 5.41) is 12.6. The Morgan fingerprint density at radius 3 is 2.74 bits per heavy atom. The molecule has 0 bridgehead atoms. The van der Waals surface area contributed by atoms with E-state index in [0.717, 1.165) is 37.1 Å². The molecule has 128 valence electrons. The van der Waals surface area contributed by atoms with Crippen LogP contribution in [0.2, 0.25) is 0 Å². The van der Waals surface area contributed by atoms with Gasteiger partial charge in [-0.3, -0.25) is 9.69 Å². The van der Waals surface area contributed by atoms with E-state index in [1.54, 1.807) is 7.11 Å². The molecule has 2 rings (SSSR count). The summed E-state index contributed by atoms with van der Waals surface area (Å²) in [4.78, 5) is 14.2. The Kier molecular flexibility index (Phi) is 7.02. The van der Waals surface area contributed by atoms with Gasteiger partial charge in [-0.2, -0.15) is 0 Å². The molecule has 0 aromatic heterocycles. The molecule has 0 saturated carbocycles. The molecule has 5 nitrogen and oxygen atoms in total. The number of aliphatic hydroxyl groups excluding tert-OH is 1. The molecule has 0 aliphatic carbocycles. The van der Waals surface area contributed by atoms with Gasteiger partial charge in [0.1, 0.15) is 0 Å². The van der Waals surface area contributed by atoms with Crippen LogP contribution in [-0.4, -0.2) is 48.8 Å². The summed E-state index contributed by atoms with van der Waals surface area (Å²) in [7, 11) is 1.68. The van der Waals surface area contributed by atoms with E-state index in [9.17, 15) is 9.90 Å². The van der Waals surface area contributed by atoms with E-state index in [1.807, 2.05) is 25.1 Å². The Labute approximate surface area is 138 Å². The van der Waals surface area contributed by atoms with E-state index in [2.05, 4.69) is 16.3 Å². The van der Waals surface area contributed by atoms with E-state index in [4.69, 9.17) is 4.74 Å². The van der Waals surface area contributed by atoms with Gasteiger partial charge in [0.05, 0.1) is 19.3 Å². The summed E-state index contributed by atoms with van der Waals surface area (Å²) in [6.07, 6.45) is 1.68. The van der Waals surface area contributed by atoms with Gasteiger partial charge in [0, 0.05) is 13.7 Å². The fourth-order valence-electron chi connectivity index (χ4n) is 3.05. The van der Waals surface area contributed by atoms with Crippen molar-refractivity contribution in [3.63, 3.8) is 0 Å². The van der Waals surface area contributed by atoms with Crippen LogP contribution in [0, 0.1) is 5.92 Å². The van der Waals surface area contributed by atoms with Crippen molar-refractivity contribution < 1.29 is 14.6 Å². The normalized spacial score (nSPS) is 17.9. The zero-order valence-corrected chi connectivity index (χ0v) is 14.1. The summed E-state index contributed by atoms with van der Waals surface area (Å²) in [5.74, 6) is 0.426. The Morgan fingerprint density at radius 2 is 2.09 bits per heavy atom. The standard InChI is InChI=1S/C18H28N2O3/c1-14(21)17-6-8-20(9-7-17)12-18(22)19-11-15-4-3-5-16(10-15)13-23-2/h3-5,10,14,17,21H,6-9,11-13H2,1-2H3,(H,19,22). The highest BCUT2D eigenvalue weighted by atomic mass is 16.5. The van der Waals surface area contributed by atoms with Crippen molar-refractivity contribution in [3.05, 3.63) is 35.4 Å². The molecule has 0 radical (unpaired) electrons. The van der Waals surface area contributed by atoms with Crippen LogP contribution in [0.3, 0.4) is 0 Å². The third-order valence-electron chi connectivity index (χ3n) is 4.47. The fourth-order valence-corrected chi connectivity index (χ4v) is 3.05. The van der Waals surface area contributed by atoms with Gasteiger partial charge >= 0.3 is 0 Å². The van der Waals surface area contributed by atoms with Gasteiger partial charge in [-0.1, -0.05) is 24.3 Å². The zero-order valence-electron chi connectivity index (χ0n) is 14.1. The van der Waals surface area contributed by atoms with Gasteiger partial charge in [0.25, 0.3) is 0 Å². The van der Waals surface area contributed by atoms with Crippen LogP contribution in [0.25, 0.3) is 0 Å². The van der Waals surface area contributed by atoms with Crippen LogP contribution in [-0.2, 0) is 22.7 Å². The van der Waals surface area contributed by atoms with Crippen molar-refractivity contribution in [3.8, 4) is 0 Å². The van der Waals surface area contributed by atoms with Crippen LogP contribution in [0.15, 0.2) is 24.3 Å². The third-order valence-corrected chi connectivity index (χ3v) is 4.47. The van der Waals surface area contributed by atoms with Crippen LogP contribution < -0.4 is 5.32 Å². The highest BCUT2D eigenvalue weighted by Crippen LogP contribution is 2.20. The maximum absolute atomic E-state index is 12.1. The first kappa shape index (κ1) is 17.9. The van der Waals surface area contributed by atoms with Gasteiger partial charge in [-0.05, 0) is 49.9 Å². The van der Waals surface area contributed by atoms with Crippen LogP contribution in [0.5, 0.6) is 0 Å². The highest BCUT2D eigenvalue weighted by molar-refractivity contribution is 5.78. The van der Waals surface area contributed by atoms with E-state index >= 15 is 0 Å². The molecule has 0 spiro atoms. The van der Waals surface area contributed by atoms with Crippen molar-refractivity contribution in [2.45, 2.75) is 39.0 Å². The third kappa shape index (κ3) is 5.94. The molecule has 23 heavy (non-hydrogen) atoms. The molecule has 1 saturated heterocycles. The lowest BCUT2D eigenvalue weighted by molar-refractivity contribution is -0.122. The molecule has 1 aromatic rings. The van der Waals surface area contributed by atoms with Gasteiger partial charge in [0.2, 0.25) is 5.91 Å². The molecule has 2 N–H and O–H groups in total. The lowest BCUT2D eigenvalue weighted by atomic mass is 9.92. The van der Waals surface area contributed by atoms with Crippen molar-refractivity contribution >= 4 is 5.91 Å². The monoisotopic (exact) mass is 320 g/mol. The van der Waals surface area contributed by atoms with Gasteiger partial charge < -0.3 is 15.2 Å². The summed E-state index contributed by atoms with van der Waals surface area (Å²) >= 11 is 0. The number of carbonyl (C=O) groups is 1. The second-order valence-electron chi connectivity index (χ2n) is 6.38. The first-order chi connectivity index (χ1) is 11.1. The number of likely N-dealkylation sites (tertiary alicyclic amines) is 1. The van der Waals surface area contributed by atoms with Gasteiger partial charge in [0.15, 0.2) is 0 Å². The van der Waals surface area contributed by atoms with Crippen molar-refractivity contribution in [2.75, 3.05) is 26.7 Å². The Morgan fingerprint density at radius 1 is 1.39 bits per heavy atom. The van der Waals surface area contributed by atoms with Crippen LogP contribution in [0.4, 0.5) is 0 Å². The minimum Gasteiger partial charge on any atom is -0.393 e. The molecule has 1 fully saturated rings. The summed E-state index contributed by atoms with van der Waals surface area (Å²) in [5.41, 5.74) is 2.19. The Hall–Kier alpha value is -1.43. The van der Waals surface area contributed by atoms with Crippen molar-refractivity contribution in [1.29, 1.82) is 0 Å². The molecule has 1 amide bonds. The Balaban J connectivity index is 1.72. The summed E-state index contributed by atoms with van der Waals surface area (Å²) < 4.78 is 5.12. The van der Waals surface area contributed by atoms with Crippen LogP contribution in [0.1, 0.15) is 30.9 Å². The fraction of sp³-hybridized carbons (Fsp3) is 0.611. The predicted octanol–water partition coefficient (Wildman–Crippen LogP) is 1.54. The van der Waals surface area contributed by atoms with Gasteiger partial charge in [-0.15, -0.1) is 0 Å². The molecular formula is C18H28N2O3. The number of nitrogens with one attached hydrogen (secondary N) is 1. The number of hydrogen-bond donors (Lipinski definition) is 2. The Bertz CT molecular complexity index is 497. The zero-order chi connectivity index (χ0) is 16.7. The number of amides is 1. The van der Waals surface area contributed by atoms with E-state index in [-0.39, 0.29) is 12.0 Å². The maximum atomic E-state index is 12.1. The molecular weight excluding hydrogens is 292 g/mol. The first-order valence-corrected chi connectivity index (χ1v) is 8.32. The molecule has 5 heteroatoms. The van der Waals surface area contributed by atoms with E-state index < -0.39 is 0 Å². The number of methoxy groups -OCH3 is 1. The van der Waals surface area contributed by atoms with E-state index in [1.165, 1.54) is 0 Å². The lowest BCUT2D eigenvalue weighted by Gasteiger charge is -2.32. The molecule has 1 atom stereocenters. The number of piperidine rings is 1. The minimum atomic E-state index is -0.245. The number of ether oxygens (including phenoxy) is 1. The molecule has 1 aromatic carbocycles. The number of aliphatic hydroxyl groups is 1.